The van der Waals surface area contributed by atoms with E-state index in [0.717, 1.165) is 48.2 Å². The van der Waals surface area contributed by atoms with Gasteiger partial charge in [-0.3, -0.25) is 0 Å². The van der Waals surface area contributed by atoms with Gasteiger partial charge < -0.3 is 10.1 Å². The molecule has 0 heterocycles. The van der Waals surface area contributed by atoms with Crippen molar-refractivity contribution in [2.75, 3.05) is 25.1 Å². The van der Waals surface area contributed by atoms with Crippen LogP contribution in [0.2, 0.25) is 0 Å². The number of nitrogens with zero attached hydrogens (tertiary/aromatic N) is 1. The van der Waals surface area contributed by atoms with Gasteiger partial charge in [-0.05, 0) is 24.5 Å². The maximum absolute atomic E-state index is 9.16. The molecule has 0 unspecified atom stereocenters. The molecule has 3 nitrogen and oxygen atoms in total. The second-order valence-electron chi connectivity index (χ2n) is 5.57. The average Bonchev–Trinajstić information content (AvgIpc) is 2.50. The number of fused-ring (bicyclic) bond motifs is 1. The molecule has 0 atom stereocenters. The first-order valence-corrected chi connectivity index (χ1v) is 7.46. The van der Waals surface area contributed by atoms with E-state index in [0.29, 0.717) is 5.92 Å². The smallest absolute Gasteiger partial charge is 0.0998 e. The lowest BCUT2D eigenvalue weighted by atomic mass is 10.0. The Labute approximate surface area is 126 Å². The number of hydrogen-bond acceptors (Lipinski definition) is 3. The summed E-state index contributed by atoms with van der Waals surface area (Å²) in [7, 11) is 0. The summed E-state index contributed by atoms with van der Waals surface area (Å²) in [5.74, 6) is 0.584. The van der Waals surface area contributed by atoms with Crippen molar-refractivity contribution in [1.29, 1.82) is 5.26 Å². The van der Waals surface area contributed by atoms with Crippen LogP contribution in [-0.4, -0.2) is 19.8 Å². The summed E-state index contributed by atoms with van der Waals surface area (Å²) in [6.45, 7) is 6.77. The molecule has 110 valence electrons. The van der Waals surface area contributed by atoms with Crippen molar-refractivity contribution in [2.24, 2.45) is 5.92 Å². The van der Waals surface area contributed by atoms with Gasteiger partial charge >= 0.3 is 0 Å². The Balaban J connectivity index is 1.95. The molecule has 0 aliphatic heterocycles. The monoisotopic (exact) mass is 282 g/mol. The first-order chi connectivity index (χ1) is 10.2. The predicted octanol–water partition coefficient (Wildman–Crippen LogP) is 4.19. The van der Waals surface area contributed by atoms with Crippen LogP contribution in [0.4, 0.5) is 5.69 Å². The number of nitrogens with one attached hydrogen (secondary N) is 1. The first-order valence-electron chi connectivity index (χ1n) is 7.46. The van der Waals surface area contributed by atoms with Crippen LogP contribution in [0, 0.1) is 17.2 Å². The quantitative estimate of drug-likeness (QED) is 0.775. The molecule has 21 heavy (non-hydrogen) atoms. The zero-order valence-electron chi connectivity index (χ0n) is 12.7. The molecular weight excluding hydrogens is 260 g/mol. The lowest BCUT2D eigenvalue weighted by Crippen LogP contribution is -2.08. The number of hydrogen-bond donors (Lipinski definition) is 1. The van der Waals surface area contributed by atoms with Gasteiger partial charge in [0.15, 0.2) is 0 Å². The summed E-state index contributed by atoms with van der Waals surface area (Å²) in [5.41, 5.74) is 1.80. The summed E-state index contributed by atoms with van der Waals surface area (Å²) in [6, 6.07) is 14.1. The summed E-state index contributed by atoms with van der Waals surface area (Å²) < 4.78 is 5.57. The van der Waals surface area contributed by atoms with E-state index in [1.54, 1.807) is 0 Å². The van der Waals surface area contributed by atoms with Gasteiger partial charge in [-0.15, -0.1) is 0 Å². The molecule has 0 aliphatic carbocycles. The molecule has 1 N–H and O–H groups in total. The van der Waals surface area contributed by atoms with E-state index in [-0.39, 0.29) is 0 Å². The molecule has 2 aromatic carbocycles. The molecule has 0 aliphatic rings. The summed E-state index contributed by atoms with van der Waals surface area (Å²) >= 11 is 0. The van der Waals surface area contributed by atoms with E-state index in [1.807, 2.05) is 36.4 Å². The number of rotatable bonds is 7. The first kappa shape index (κ1) is 15.3. The second-order valence-corrected chi connectivity index (χ2v) is 5.57. The minimum absolute atomic E-state index is 0.584. The topological polar surface area (TPSA) is 45.0 Å². The van der Waals surface area contributed by atoms with Gasteiger partial charge in [-0.1, -0.05) is 38.1 Å². The summed E-state index contributed by atoms with van der Waals surface area (Å²) in [6.07, 6.45) is 0.973. The van der Waals surface area contributed by atoms with Crippen molar-refractivity contribution in [3.05, 3.63) is 42.0 Å². The lowest BCUT2D eigenvalue weighted by Gasteiger charge is -2.11. The Morgan fingerprint density at radius 1 is 1.14 bits per heavy atom. The van der Waals surface area contributed by atoms with E-state index in [9.17, 15) is 0 Å². The molecule has 0 radical (unpaired) electrons. The number of anilines is 1. The van der Waals surface area contributed by atoms with Crippen LogP contribution in [0.5, 0.6) is 0 Å². The highest BCUT2D eigenvalue weighted by atomic mass is 16.5. The van der Waals surface area contributed by atoms with Gasteiger partial charge in [-0.2, -0.15) is 5.26 Å². The third kappa shape index (κ3) is 4.21. The normalized spacial score (nSPS) is 10.8. The SMILES string of the molecule is CC(C)COCCCNc1ccc(C#N)c2ccccc12. The van der Waals surface area contributed by atoms with Crippen molar-refractivity contribution < 1.29 is 4.74 Å². The fourth-order valence-corrected chi connectivity index (χ4v) is 2.27. The third-order valence-corrected chi connectivity index (χ3v) is 3.28. The van der Waals surface area contributed by atoms with Crippen LogP contribution in [0.15, 0.2) is 36.4 Å². The largest absolute Gasteiger partial charge is 0.384 e. The fraction of sp³-hybridized carbons (Fsp3) is 0.389. The molecule has 2 aromatic rings. The molecule has 0 spiro atoms. The van der Waals surface area contributed by atoms with E-state index in [2.05, 4.69) is 25.2 Å². The van der Waals surface area contributed by atoms with Gasteiger partial charge in [0, 0.05) is 36.2 Å². The Hall–Kier alpha value is -2.05. The minimum atomic E-state index is 0.584. The lowest BCUT2D eigenvalue weighted by molar-refractivity contribution is 0.110. The van der Waals surface area contributed by atoms with Crippen molar-refractivity contribution in [3.63, 3.8) is 0 Å². The van der Waals surface area contributed by atoms with Gasteiger partial charge in [0.2, 0.25) is 0 Å². The number of benzene rings is 2. The third-order valence-electron chi connectivity index (χ3n) is 3.28. The molecule has 0 bridgehead atoms. The molecule has 0 saturated carbocycles. The van der Waals surface area contributed by atoms with Crippen LogP contribution < -0.4 is 5.32 Å². The fourth-order valence-electron chi connectivity index (χ4n) is 2.27. The zero-order chi connectivity index (χ0) is 15.1. The van der Waals surface area contributed by atoms with Crippen LogP contribution in [-0.2, 0) is 4.74 Å². The minimum Gasteiger partial charge on any atom is -0.384 e. The Bertz CT molecular complexity index is 629. The van der Waals surface area contributed by atoms with Crippen LogP contribution in [0.1, 0.15) is 25.8 Å². The molecule has 2 rings (SSSR count). The van der Waals surface area contributed by atoms with Crippen molar-refractivity contribution in [3.8, 4) is 6.07 Å². The summed E-state index contributed by atoms with van der Waals surface area (Å²) in [5, 5.41) is 14.7. The highest BCUT2D eigenvalue weighted by Crippen LogP contribution is 2.26. The maximum Gasteiger partial charge on any atom is 0.0998 e. The maximum atomic E-state index is 9.16. The van der Waals surface area contributed by atoms with Crippen molar-refractivity contribution in [2.45, 2.75) is 20.3 Å². The van der Waals surface area contributed by atoms with E-state index in [4.69, 9.17) is 10.00 Å². The Morgan fingerprint density at radius 3 is 2.62 bits per heavy atom. The Kier molecular flexibility index (Phi) is 5.59. The van der Waals surface area contributed by atoms with Gasteiger partial charge in [-0.25, -0.2) is 0 Å². The van der Waals surface area contributed by atoms with E-state index in [1.165, 1.54) is 0 Å². The predicted molar refractivity (Wildman–Crippen MR) is 87.4 cm³/mol. The number of ether oxygens (including phenoxy) is 1. The summed E-state index contributed by atoms with van der Waals surface area (Å²) in [4.78, 5) is 0. The average molecular weight is 282 g/mol. The van der Waals surface area contributed by atoms with Crippen LogP contribution in [0.25, 0.3) is 10.8 Å². The highest BCUT2D eigenvalue weighted by molar-refractivity contribution is 5.97. The Morgan fingerprint density at radius 2 is 1.90 bits per heavy atom. The van der Waals surface area contributed by atoms with Gasteiger partial charge in [0.05, 0.1) is 11.6 Å². The standard InChI is InChI=1S/C18H22N2O/c1-14(2)13-21-11-5-10-20-18-9-8-15(12-19)16-6-3-4-7-17(16)18/h3-4,6-9,14,20H,5,10-11,13H2,1-2H3. The molecule has 0 amide bonds. The molecule has 0 saturated heterocycles. The van der Waals surface area contributed by atoms with E-state index >= 15 is 0 Å². The molecule has 3 heteroatoms. The zero-order valence-corrected chi connectivity index (χ0v) is 12.7. The van der Waals surface area contributed by atoms with Crippen LogP contribution in [0.3, 0.4) is 0 Å². The number of nitriles is 1. The van der Waals surface area contributed by atoms with Gasteiger partial charge in [0.25, 0.3) is 0 Å². The van der Waals surface area contributed by atoms with Crippen LogP contribution >= 0.6 is 0 Å². The van der Waals surface area contributed by atoms with Gasteiger partial charge in [0.1, 0.15) is 0 Å². The second kappa shape index (κ2) is 7.66. The molecule has 0 aromatic heterocycles. The van der Waals surface area contributed by atoms with Crippen molar-refractivity contribution >= 4 is 16.5 Å². The molecular formula is C18H22N2O. The van der Waals surface area contributed by atoms with Crippen molar-refractivity contribution in [1.82, 2.24) is 0 Å². The molecule has 0 fully saturated rings. The highest BCUT2D eigenvalue weighted by Gasteiger charge is 2.04. The van der Waals surface area contributed by atoms with E-state index < -0.39 is 0 Å².